The van der Waals surface area contributed by atoms with E-state index in [9.17, 15) is 9.18 Å². The van der Waals surface area contributed by atoms with Gasteiger partial charge in [0.05, 0.1) is 23.6 Å². The first kappa shape index (κ1) is 18.4. The lowest BCUT2D eigenvalue weighted by molar-refractivity contribution is -0.137. The SMILES string of the molecule is Cc1nc(-c2ccccc2F)sc1COc1ccc2c(c1)OCC2CC(=O)O. The number of carboxylic acid groups (broad SMARTS) is 1. The largest absolute Gasteiger partial charge is 0.492 e. The predicted molar refractivity (Wildman–Crippen MR) is 104 cm³/mol. The van der Waals surface area contributed by atoms with Gasteiger partial charge in [0.25, 0.3) is 0 Å². The number of hydrogen-bond donors (Lipinski definition) is 1. The maximum Gasteiger partial charge on any atom is 0.304 e. The van der Waals surface area contributed by atoms with E-state index in [1.54, 1.807) is 24.3 Å². The van der Waals surface area contributed by atoms with Gasteiger partial charge in [-0.15, -0.1) is 11.3 Å². The summed E-state index contributed by atoms with van der Waals surface area (Å²) in [4.78, 5) is 16.3. The van der Waals surface area contributed by atoms with Crippen LogP contribution in [0.4, 0.5) is 4.39 Å². The molecule has 1 aliphatic heterocycles. The number of aryl methyl sites for hydroxylation is 1. The molecule has 0 fully saturated rings. The Bertz CT molecular complexity index is 1030. The van der Waals surface area contributed by atoms with Gasteiger partial charge in [-0.1, -0.05) is 18.2 Å². The van der Waals surface area contributed by atoms with Crippen LogP contribution in [-0.4, -0.2) is 22.7 Å². The van der Waals surface area contributed by atoms with E-state index >= 15 is 0 Å². The number of benzene rings is 2. The summed E-state index contributed by atoms with van der Waals surface area (Å²) in [6.07, 6.45) is 0.0477. The molecule has 7 heteroatoms. The first-order valence-electron chi connectivity index (χ1n) is 8.84. The molecular formula is C21H18FNO4S. The van der Waals surface area contributed by atoms with Gasteiger partial charge in [0.1, 0.15) is 28.9 Å². The minimum absolute atomic E-state index is 0.0477. The maximum absolute atomic E-state index is 14.0. The van der Waals surface area contributed by atoms with Crippen LogP contribution in [0.1, 0.15) is 28.5 Å². The predicted octanol–water partition coefficient (Wildman–Crippen LogP) is 4.79. The van der Waals surface area contributed by atoms with Crippen LogP contribution in [0.15, 0.2) is 42.5 Å². The van der Waals surface area contributed by atoms with Gasteiger partial charge in [-0.05, 0) is 25.1 Å². The van der Waals surface area contributed by atoms with Crippen LogP contribution in [-0.2, 0) is 11.4 Å². The van der Waals surface area contributed by atoms with Crippen molar-refractivity contribution in [1.82, 2.24) is 4.98 Å². The molecule has 4 rings (SSSR count). The van der Waals surface area contributed by atoms with Gasteiger partial charge in [-0.2, -0.15) is 0 Å². The molecule has 3 aromatic rings. The topological polar surface area (TPSA) is 68.7 Å². The summed E-state index contributed by atoms with van der Waals surface area (Å²) in [6, 6.07) is 12.0. The highest BCUT2D eigenvalue weighted by Gasteiger charge is 2.26. The number of halogens is 1. The van der Waals surface area contributed by atoms with Crippen molar-refractivity contribution < 1.29 is 23.8 Å². The second-order valence-electron chi connectivity index (χ2n) is 6.60. The molecule has 0 saturated heterocycles. The van der Waals surface area contributed by atoms with Crippen LogP contribution >= 0.6 is 11.3 Å². The van der Waals surface area contributed by atoms with Crippen LogP contribution < -0.4 is 9.47 Å². The lowest BCUT2D eigenvalue weighted by Crippen LogP contribution is -2.07. The monoisotopic (exact) mass is 399 g/mol. The lowest BCUT2D eigenvalue weighted by atomic mass is 9.98. The van der Waals surface area contributed by atoms with Gasteiger partial charge < -0.3 is 14.6 Å². The minimum atomic E-state index is -0.840. The van der Waals surface area contributed by atoms with Crippen molar-refractivity contribution in [3.8, 4) is 22.1 Å². The number of nitrogens with zero attached hydrogens (tertiary/aromatic N) is 1. The summed E-state index contributed by atoms with van der Waals surface area (Å²) >= 11 is 1.41. The van der Waals surface area contributed by atoms with Crippen LogP contribution in [0, 0.1) is 12.7 Å². The van der Waals surface area contributed by atoms with Crippen LogP contribution in [0.5, 0.6) is 11.5 Å². The Balaban J connectivity index is 1.47. The molecule has 0 saturated carbocycles. The number of ether oxygens (including phenoxy) is 2. The van der Waals surface area contributed by atoms with Crippen molar-refractivity contribution in [2.45, 2.75) is 25.9 Å². The zero-order valence-electron chi connectivity index (χ0n) is 15.1. The molecule has 1 unspecified atom stereocenters. The van der Waals surface area contributed by atoms with E-state index in [1.807, 2.05) is 19.1 Å². The van der Waals surface area contributed by atoms with Crippen molar-refractivity contribution in [2.24, 2.45) is 0 Å². The fourth-order valence-electron chi connectivity index (χ4n) is 3.19. The number of aliphatic carboxylic acids is 1. The molecule has 2 aromatic carbocycles. The standard InChI is InChI=1S/C21H18FNO4S/c1-12-19(28-21(23-12)16-4-2-3-5-17(16)22)11-26-14-6-7-15-13(8-20(24)25)10-27-18(15)9-14/h2-7,9,13H,8,10-11H2,1H3,(H,24,25). The molecule has 0 spiro atoms. The second kappa shape index (κ2) is 7.59. The Morgan fingerprint density at radius 2 is 2.18 bits per heavy atom. The van der Waals surface area contributed by atoms with Gasteiger partial charge in [-0.25, -0.2) is 9.37 Å². The number of hydrogen-bond acceptors (Lipinski definition) is 5. The highest BCUT2D eigenvalue weighted by molar-refractivity contribution is 7.15. The number of thiazole rings is 1. The molecule has 144 valence electrons. The van der Waals surface area contributed by atoms with Crippen molar-refractivity contribution in [3.05, 3.63) is 64.4 Å². The van der Waals surface area contributed by atoms with Crippen molar-refractivity contribution in [2.75, 3.05) is 6.61 Å². The van der Waals surface area contributed by atoms with Gasteiger partial charge in [0.2, 0.25) is 0 Å². The summed E-state index contributed by atoms with van der Waals surface area (Å²) in [7, 11) is 0. The van der Waals surface area contributed by atoms with Crippen molar-refractivity contribution in [3.63, 3.8) is 0 Å². The fourth-order valence-corrected chi connectivity index (χ4v) is 4.19. The van der Waals surface area contributed by atoms with E-state index < -0.39 is 5.97 Å². The minimum Gasteiger partial charge on any atom is -0.492 e. The van der Waals surface area contributed by atoms with Crippen LogP contribution in [0.2, 0.25) is 0 Å². The normalized spacial score (nSPS) is 15.1. The summed E-state index contributed by atoms with van der Waals surface area (Å²) in [6.45, 7) is 2.56. The van der Waals surface area contributed by atoms with E-state index in [4.69, 9.17) is 14.6 Å². The molecule has 0 radical (unpaired) electrons. The van der Waals surface area contributed by atoms with E-state index in [0.29, 0.717) is 35.3 Å². The summed E-state index contributed by atoms with van der Waals surface area (Å²) in [5.41, 5.74) is 2.19. The molecule has 1 N–H and O–H groups in total. The average molecular weight is 399 g/mol. The molecule has 1 aromatic heterocycles. The highest BCUT2D eigenvalue weighted by atomic mass is 32.1. The quantitative estimate of drug-likeness (QED) is 0.646. The highest BCUT2D eigenvalue weighted by Crippen LogP contribution is 2.38. The summed E-state index contributed by atoms with van der Waals surface area (Å²) in [5.74, 6) is 0.0314. The van der Waals surface area contributed by atoms with Crippen LogP contribution in [0.25, 0.3) is 10.6 Å². The van der Waals surface area contributed by atoms with Crippen LogP contribution in [0.3, 0.4) is 0 Å². The molecule has 28 heavy (non-hydrogen) atoms. The maximum atomic E-state index is 14.0. The Kier molecular flexibility index (Phi) is 5.00. The zero-order chi connectivity index (χ0) is 19.7. The molecule has 0 amide bonds. The molecule has 2 heterocycles. The number of carbonyl (C=O) groups is 1. The van der Waals surface area contributed by atoms with Crippen molar-refractivity contribution >= 4 is 17.3 Å². The Morgan fingerprint density at radius 3 is 2.96 bits per heavy atom. The smallest absolute Gasteiger partial charge is 0.304 e. The summed E-state index contributed by atoms with van der Waals surface area (Å²) in [5, 5.41) is 9.61. The molecular weight excluding hydrogens is 381 g/mol. The lowest BCUT2D eigenvalue weighted by Gasteiger charge is -2.08. The van der Waals surface area contributed by atoms with Gasteiger partial charge in [-0.3, -0.25) is 4.79 Å². The molecule has 0 aliphatic carbocycles. The molecule has 1 atom stereocenters. The van der Waals surface area contributed by atoms with Gasteiger partial charge >= 0.3 is 5.97 Å². The third kappa shape index (κ3) is 3.71. The number of fused-ring (bicyclic) bond motifs is 1. The first-order chi connectivity index (χ1) is 13.5. The molecule has 5 nitrogen and oxygen atoms in total. The average Bonchev–Trinajstić information content (AvgIpc) is 3.23. The van der Waals surface area contributed by atoms with E-state index in [2.05, 4.69) is 4.98 Å². The number of aromatic nitrogens is 1. The Morgan fingerprint density at radius 1 is 1.36 bits per heavy atom. The van der Waals surface area contributed by atoms with Gasteiger partial charge in [0.15, 0.2) is 0 Å². The first-order valence-corrected chi connectivity index (χ1v) is 9.65. The van der Waals surface area contributed by atoms with E-state index in [-0.39, 0.29) is 18.2 Å². The number of rotatable bonds is 6. The molecule has 0 bridgehead atoms. The fraction of sp³-hybridized carbons (Fsp3) is 0.238. The second-order valence-corrected chi connectivity index (χ2v) is 7.69. The van der Waals surface area contributed by atoms with E-state index in [1.165, 1.54) is 17.4 Å². The summed E-state index contributed by atoms with van der Waals surface area (Å²) < 4.78 is 25.5. The zero-order valence-corrected chi connectivity index (χ0v) is 16.0. The van der Waals surface area contributed by atoms with Gasteiger partial charge in [0, 0.05) is 23.1 Å². The van der Waals surface area contributed by atoms with Crippen molar-refractivity contribution in [1.29, 1.82) is 0 Å². The Hall–Kier alpha value is -2.93. The Labute approximate surface area is 165 Å². The van der Waals surface area contributed by atoms with E-state index in [0.717, 1.165) is 16.1 Å². The third-order valence-electron chi connectivity index (χ3n) is 4.65. The number of carboxylic acids is 1. The third-order valence-corrected chi connectivity index (χ3v) is 5.82. The molecule has 1 aliphatic rings.